The molecule has 0 radical (unpaired) electrons. The lowest BCUT2D eigenvalue weighted by Crippen LogP contribution is -2.55. The third-order valence-corrected chi connectivity index (χ3v) is 9.61. The molecule has 0 amide bonds. The van der Waals surface area contributed by atoms with Crippen LogP contribution in [0.4, 0.5) is 0 Å². The molecule has 0 aliphatic heterocycles. The summed E-state index contributed by atoms with van der Waals surface area (Å²) in [5.74, 6) is 5.76. The van der Waals surface area contributed by atoms with Crippen molar-refractivity contribution in [1.29, 1.82) is 0 Å². The average Bonchev–Trinajstić information content (AvgIpc) is 2.90. The molecule has 0 aromatic heterocycles. The van der Waals surface area contributed by atoms with Crippen molar-refractivity contribution in [3.05, 3.63) is 0 Å². The molecule has 2 heteroatoms. The first-order valence-corrected chi connectivity index (χ1v) is 10.8. The molecular weight excluding hydrogens is 294 g/mol. The molecule has 0 aromatic rings. The topological polar surface area (TPSA) is 21.3 Å². The molecule has 4 aliphatic carbocycles. The monoisotopic (exact) mass is 333 g/mol. The lowest BCUT2D eigenvalue weighted by atomic mass is 9.43. The highest BCUT2D eigenvalue weighted by molar-refractivity contribution is 5.10. The predicted molar refractivity (Wildman–Crippen MR) is 99.4 cm³/mol. The maximum Gasteiger partial charge on any atom is 0.0572 e. The van der Waals surface area contributed by atoms with Crippen LogP contribution in [0.5, 0.6) is 0 Å². The van der Waals surface area contributed by atoms with Crippen molar-refractivity contribution in [3.8, 4) is 0 Å². The van der Waals surface area contributed by atoms with Crippen LogP contribution in [0.15, 0.2) is 0 Å². The maximum absolute atomic E-state index is 5.19. The van der Waals surface area contributed by atoms with E-state index >= 15 is 0 Å². The standard InChI is InChI=1S/C22H39NO/c1-15-13-16-7-5-6-11-21(16,2)19-10-12-22(3)17(14-23-24-4)8-9-18(22)20(15)19/h15-20,23H,5-14H2,1-4H3. The molecule has 4 aliphatic rings. The zero-order valence-corrected chi connectivity index (χ0v) is 16.4. The molecule has 24 heavy (non-hydrogen) atoms. The van der Waals surface area contributed by atoms with Gasteiger partial charge in [-0.3, -0.25) is 0 Å². The molecule has 0 spiro atoms. The Kier molecular flexibility index (Phi) is 4.53. The zero-order chi connectivity index (χ0) is 16.9. The maximum atomic E-state index is 5.19. The van der Waals surface area contributed by atoms with Crippen molar-refractivity contribution in [1.82, 2.24) is 5.48 Å². The van der Waals surface area contributed by atoms with Crippen LogP contribution < -0.4 is 5.48 Å². The van der Waals surface area contributed by atoms with Gasteiger partial charge in [-0.15, -0.1) is 0 Å². The fraction of sp³-hybridized carbons (Fsp3) is 1.00. The largest absolute Gasteiger partial charge is 0.305 e. The molecule has 138 valence electrons. The summed E-state index contributed by atoms with van der Waals surface area (Å²) in [6.45, 7) is 8.99. The summed E-state index contributed by atoms with van der Waals surface area (Å²) in [5.41, 5.74) is 4.41. The van der Waals surface area contributed by atoms with E-state index in [2.05, 4.69) is 26.3 Å². The molecule has 4 fully saturated rings. The van der Waals surface area contributed by atoms with E-state index in [1.165, 1.54) is 57.8 Å². The van der Waals surface area contributed by atoms with Gasteiger partial charge in [0, 0.05) is 6.54 Å². The van der Waals surface area contributed by atoms with Crippen LogP contribution in [0.25, 0.3) is 0 Å². The van der Waals surface area contributed by atoms with Crippen molar-refractivity contribution in [2.45, 2.75) is 78.6 Å². The molecule has 0 saturated heterocycles. The van der Waals surface area contributed by atoms with Gasteiger partial charge >= 0.3 is 0 Å². The Morgan fingerprint density at radius 1 is 0.958 bits per heavy atom. The normalized spacial score (nSPS) is 54.0. The summed E-state index contributed by atoms with van der Waals surface area (Å²) in [6.07, 6.45) is 13.4. The van der Waals surface area contributed by atoms with Crippen LogP contribution in [0, 0.1) is 46.3 Å². The quantitative estimate of drug-likeness (QED) is 0.695. The number of rotatable bonds is 3. The van der Waals surface area contributed by atoms with Gasteiger partial charge in [-0.25, -0.2) is 5.48 Å². The molecular formula is C22H39NO. The van der Waals surface area contributed by atoms with Gasteiger partial charge in [0.2, 0.25) is 0 Å². The summed E-state index contributed by atoms with van der Waals surface area (Å²) in [4.78, 5) is 5.19. The van der Waals surface area contributed by atoms with Crippen molar-refractivity contribution >= 4 is 0 Å². The van der Waals surface area contributed by atoms with E-state index in [4.69, 9.17) is 4.84 Å². The van der Waals surface area contributed by atoms with Gasteiger partial charge in [-0.2, -0.15) is 0 Å². The number of hydrogen-bond acceptors (Lipinski definition) is 2. The van der Waals surface area contributed by atoms with Gasteiger partial charge in [-0.05, 0) is 91.3 Å². The molecule has 4 rings (SSSR count). The molecule has 8 atom stereocenters. The Morgan fingerprint density at radius 2 is 1.75 bits per heavy atom. The fourth-order valence-electron chi connectivity index (χ4n) is 8.30. The van der Waals surface area contributed by atoms with E-state index in [1.807, 2.05) is 0 Å². The molecule has 8 unspecified atom stereocenters. The smallest absolute Gasteiger partial charge is 0.0572 e. The Labute approximate surface area is 149 Å². The van der Waals surface area contributed by atoms with E-state index in [9.17, 15) is 0 Å². The minimum Gasteiger partial charge on any atom is -0.305 e. The summed E-state index contributed by atoms with van der Waals surface area (Å²) in [6, 6.07) is 0. The first-order chi connectivity index (χ1) is 11.5. The van der Waals surface area contributed by atoms with Gasteiger partial charge in [-0.1, -0.05) is 33.6 Å². The van der Waals surface area contributed by atoms with Crippen LogP contribution >= 0.6 is 0 Å². The summed E-state index contributed by atoms with van der Waals surface area (Å²) in [7, 11) is 1.76. The number of fused-ring (bicyclic) bond motifs is 5. The van der Waals surface area contributed by atoms with Crippen LogP contribution in [0.1, 0.15) is 78.6 Å². The van der Waals surface area contributed by atoms with Crippen LogP contribution in [0.3, 0.4) is 0 Å². The number of hydrogen-bond donors (Lipinski definition) is 1. The fourth-order valence-corrected chi connectivity index (χ4v) is 8.30. The van der Waals surface area contributed by atoms with E-state index in [0.717, 1.165) is 42.1 Å². The second kappa shape index (κ2) is 6.27. The molecule has 0 bridgehead atoms. The van der Waals surface area contributed by atoms with Crippen LogP contribution in [-0.2, 0) is 4.84 Å². The molecule has 0 heterocycles. The van der Waals surface area contributed by atoms with Crippen molar-refractivity contribution in [3.63, 3.8) is 0 Å². The molecule has 1 N–H and O–H groups in total. The Hall–Kier alpha value is -0.0800. The average molecular weight is 334 g/mol. The van der Waals surface area contributed by atoms with Gasteiger partial charge in [0.1, 0.15) is 0 Å². The number of nitrogens with one attached hydrogen (secondary N) is 1. The Balaban J connectivity index is 1.60. The highest BCUT2D eigenvalue weighted by Crippen LogP contribution is 2.68. The third kappa shape index (κ3) is 2.42. The predicted octanol–water partition coefficient (Wildman–Crippen LogP) is 5.43. The van der Waals surface area contributed by atoms with Gasteiger partial charge < -0.3 is 4.84 Å². The van der Waals surface area contributed by atoms with E-state index in [-0.39, 0.29) is 0 Å². The van der Waals surface area contributed by atoms with E-state index in [1.54, 1.807) is 7.11 Å². The summed E-state index contributed by atoms with van der Waals surface area (Å²) < 4.78 is 0. The zero-order valence-electron chi connectivity index (χ0n) is 16.4. The molecule has 0 aromatic carbocycles. The Morgan fingerprint density at radius 3 is 2.54 bits per heavy atom. The van der Waals surface area contributed by atoms with Crippen LogP contribution in [0.2, 0.25) is 0 Å². The second-order valence-electron chi connectivity index (χ2n) is 10.3. The van der Waals surface area contributed by atoms with Crippen molar-refractivity contribution in [2.24, 2.45) is 46.3 Å². The Bertz CT molecular complexity index is 465. The minimum absolute atomic E-state index is 0.554. The highest BCUT2D eigenvalue weighted by atomic mass is 16.6. The first-order valence-electron chi connectivity index (χ1n) is 10.8. The van der Waals surface area contributed by atoms with Gasteiger partial charge in [0.15, 0.2) is 0 Å². The van der Waals surface area contributed by atoms with Gasteiger partial charge in [0.05, 0.1) is 7.11 Å². The SMILES string of the molecule is CONCC1CCC2C3C(C)CC4CCCCC4(C)C3CCC12C. The van der Waals surface area contributed by atoms with E-state index < -0.39 is 0 Å². The molecule has 2 nitrogen and oxygen atoms in total. The minimum atomic E-state index is 0.554. The summed E-state index contributed by atoms with van der Waals surface area (Å²) in [5, 5.41) is 0. The van der Waals surface area contributed by atoms with Crippen molar-refractivity contribution in [2.75, 3.05) is 13.7 Å². The number of hydroxylamine groups is 1. The van der Waals surface area contributed by atoms with Gasteiger partial charge in [0.25, 0.3) is 0 Å². The van der Waals surface area contributed by atoms with Crippen LogP contribution in [-0.4, -0.2) is 13.7 Å². The lowest BCUT2D eigenvalue weighted by molar-refractivity contribution is -0.135. The second-order valence-corrected chi connectivity index (χ2v) is 10.3. The van der Waals surface area contributed by atoms with Crippen molar-refractivity contribution < 1.29 is 4.84 Å². The third-order valence-electron chi connectivity index (χ3n) is 9.61. The lowest BCUT2D eigenvalue weighted by Gasteiger charge is -2.62. The van der Waals surface area contributed by atoms with E-state index in [0.29, 0.717) is 10.8 Å². The highest BCUT2D eigenvalue weighted by Gasteiger charge is 2.61. The molecule has 4 saturated carbocycles. The first kappa shape index (κ1) is 17.3. The summed E-state index contributed by atoms with van der Waals surface area (Å²) >= 11 is 0.